The fourth-order valence-electron chi connectivity index (χ4n) is 2.10. The van der Waals surface area contributed by atoms with Crippen LogP contribution in [0.3, 0.4) is 0 Å². The van der Waals surface area contributed by atoms with Gasteiger partial charge in [-0.25, -0.2) is 0 Å². The number of rotatable bonds is 7. The molecule has 1 saturated carbocycles. The van der Waals surface area contributed by atoms with Gasteiger partial charge in [0, 0.05) is 5.92 Å². The van der Waals surface area contributed by atoms with Crippen LogP contribution in [-0.2, 0) is 4.79 Å². The van der Waals surface area contributed by atoms with Crippen molar-refractivity contribution >= 4 is 18.3 Å². The lowest BCUT2D eigenvalue weighted by molar-refractivity contribution is -0.123. The van der Waals surface area contributed by atoms with Crippen molar-refractivity contribution in [3.63, 3.8) is 0 Å². The van der Waals surface area contributed by atoms with Crippen molar-refractivity contribution in [3.8, 4) is 0 Å². The van der Waals surface area contributed by atoms with E-state index >= 15 is 0 Å². The first kappa shape index (κ1) is 17.9. The molecule has 1 amide bonds. The minimum atomic E-state index is -0.480. The number of nitrogens with zero attached hydrogens (tertiary/aromatic N) is 2. The first-order chi connectivity index (χ1) is 9.52. The number of halogens is 1. The van der Waals surface area contributed by atoms with Gasteiger partial charge in [-0.15, -0.1) is 12.4 Å². The molecule has 3 N–H and O–H groups in total. The molecule has 1 fully saturated rings. The molecule has 21 heavy (non-hydrogen) atoms. The first-order valence-corrected chi connectivity index (χ1v) is 7.42. The summed E-state index contributed by atoms with van der Waals surface area (Å²) < 4.78 is 5.31. The van der Waals surface area contributed by atoms with E-state index in [1.807, 2.05) is 20.8 Å². The largest absolute Gasteiger partial charge is 0.343 e. The van der Waals surface area contributed by atoms with Crippen LogP contribution in [0.4, 0.5) is 0 Å². The second-order valence-electron chi connectivity index (χ2n) is 5.89. The van der Waals surface area contributed by atoms with E-state index in [2.05, 4.69) is 15.5 Å². The van der Waals surface area contributed by atoms with Crippen molar-refractivity contribution < 1.29 is 9.32 Å². The Morgan fingerprint density at radius 1 is 1.48 bits per heavy atom. The van der Waals surface area contributed by atoms with Gasteiger partial charge in [-0.3, -0.25) is 4.79 Å². The zero-order chi connectivity index (χ0) is 14.7. The van der Waals surface area contributed by atoms with Crippen molar-refractivity contribution in [2.24, 2.45) is 11.7 Å². The van der Waals surface area contributed by atoms with Gasteiger partial charge in [0.2, 0.25) is 11.8 Å². The monoisotopic (exact) mass is 316 g/mol. The van der Waals surface area contributed by atoms with E-state index in [9.17, 15) is 4.79 Å². The zero-order valence-corrected chi connectivity index (χ0v) is 13.7. The van der Waals surface area contributed by atoms with Crippen LogP contribution in [-0.4, -0.2) is 22.1 Å². The maximum atomic E-state index is 12.0. The second kappa shape index (κ2) is 7.75. The number of carbonyl (C=O) groups is 1. The summed E-state index contributed by atoms with van der Waals surface area (Å²) in [7, 11) is 0. The minimum Gasteiger partial charge on any atom is -0.343 e. The number of nitrogens with two attached hydrogens (primary N) is 1. The van der Waals surface area contributed by atoms with Gasteiger partial charge in [-0.05, 0) is 25.2 Å². The lowest BCUT2D eigenvalue weighted by atomic mass is 10.0. The Labute approximate surface area is 131 Å². The predicted molar refractivity (Wildman–Crippen MR) is 82.1 cm³/mol. The third kappa shape index (κ3) is 4.68. The Balaban J connectivity index is 0.00000220. The Morgan fingerprint density at radius 3 is 2.67 bits per heavy atom. The Hall–Kier alpha value is -1.14. The molecule has 0 bridgehead atoms. The van der Waals surface area contributed by atoms with Crippen LogP contribution in [0.2, 0.25) is 0 Å². The first-order valence-electron chi connectivity index (χ1n) is 7.42. The number of amides is 1. The van der Waals surface area contributed by atoms with Gasteiger partial charge >= 0.3 is 0 Å². The molecule has 1 aliphatic carbocycles. The van der Waals surface area contributed by atoms with Crippen LogP contribution in [0.1, 0.15) is 70.1 Å². The van der Waals surface area contributed by atoms with Gasteiger partial charge in [-0.2, -0.15) is 4.98 Å². The van der Waals surface area contributed by atoms with Crippen molar-refractivity contribution in [2.75, 3.05) is 0 Å². The molecular weight excluding hydrogens is 292 g/mol. The highest BCUT2D eigenvalue weighted by molar-refractivity contribution is 5.85. The van der Waals surface area contributed by atoms with Crippen LogP contribution >= 0.6 is 12.4 Å². The molecule has 0 aromatic carbocycles. The van der Waals surface area contributed by atoms with Gasteiger partial charge < -0.3 is 15.6 Å². The molecule has 0 saturated heterocycles. The fraction of sp³-hybridized carbons (Fsp3) is 0.786. The highest BCUT2D eigenvalue weighted by atomic mass is 35.5. The van der Waals surface area contributed by atoms with Gasteiger partial charge in [0.25, 0.3) is 0 Å². The molecule has 1 aromatic rings. The topological polar surface area (TPSA) is 94.0 Å². The SMILES string of the molecule is CCCC(N)C(=O)NC(c1nc(C2CC2)no1)C(C)C.Cl. The average molecular weight is 317 g/mol. The summed E-state index contributed by atoms with van der Waals surface area (Å²) in [5.74, 6) is 1.70. The number of nitrogens with one attached hydrogen (secondary N) is 1. The van der Waals surface area contributed by atoms with Gasteiger partial charge in [0.15, 0.2) is 5.82 Å². The third-order valence-electron chi connectivity index (χ3n) is 3.57. The summed E-state index contributed by atoms with van der Waals surface area (Å²) in [6, 6.07) is -0.752. The van der Waals surface area contributed by atoms with E-state index in [1.165, 1.54) is 0 Å². The van der Waals surface area contributed by atoms with Crippen LogP contribution in [0.15, 0.2) is 4.52 Å². The summed E-state index contributed by atoms with van der Waals surface area (Å²) in [6.07, 6.45) is 3.80. The highest BCUT2D eigenvalue weighted by Gasteiger charge is 2.32. The minimum absolute atomic E-state index is 0. The number of hydrogen-bond donors (Lipinski definition) is 2. The van der Waals surface area contributed by atoms with Gasteiger partial charge in [0.1, 0.15) is 6.04 Å². The van der Waals surface area contributed by atoms with Crippen LogP contribution in [0.5, 0.6) is 0 Å². The maximum Gasteiger partial charge on any atom is 0.249 e. The quantitative estimate of drug-likeness (QED) is 0.805. The molecule has 2 atom stereocenters. The number of carbonyl (C=O) groups excluding carboxylic acids is 1. The Kier molecular flexibility index (Phi) is 6.61. The summed E-state index contributed by atoms with van der Waals surface area (Å²) in [5, 5.41) is 6.93. The zero-order valence-electron chi connectivity index (χ0n) is 12.8. The molecule has 0 spiro atoms. The molecule has 6 nitrogen and oxygen atoms in total. The van der Waals surface area contributed by atoms with Crippen molar-refractivity contribution in [1.29, 1.82) is 0 Å². The van der Waals surface area contributed by atoms with E-state index in [1.54, 1.807) is 0 Å². The molecule has 7 heteroatoms. The second-order valence-corrected chi connectivity index (χ2v) is 5.89. The molecule has 2 rings (SSSR count). The van der Waals surface area contributed by atoms with Crippen LogP contribution < -0.4 is 11.1 Å². The summed E-state index contributed by atoms with van der Waals surface area (Å²) in [6.45, 7) is 6.03. The number of aromatic nitrogens is 2. The normalized spacial score (nSPS) is 17.2. The smallest absolute Gasteiger partial charge is 0.249 e. The van der Waals surface area contributed by atoms with E-state index in [-0.39, 0.29) is 30.3 Å². The number of hydrogen-bond acceptors (Lipinski definition) is 5. The standard InChI is InChI=1S/C14H24N4O2.ClH/c1-4-5-10(15)13(19)16-11(8(2)3)14-17-12(18-20-14)9-6-7-9;/h8-11H,4-7,15H2,1-3H3,(H,16,19);1H. The van der Waals surface area contributed by atoms with Crippen molar-refractivity contribution in [3.05, 3.63) is 11.7 Å². The van der Waals surface area contributed by atoms with Gasteiger partial charge in [-0.1, -0.05) is 32.3 Å². The molecule has 1 aromatic heterocycles. The fourth-order valence-corrected chi connectivity index (χ4v) is 2.10. The Morgan fingerprint density at radius 2 is 2.14 bits per heavy atom. The summed E-state index contributed by atoms with van der Waals surface area (Å²) >= 11 is 0. The van der Waals surface area contributed by atoms with E-state index in [4.69, 9.17) is 10.3 Å². The summed E-state index contributed by atoms with van der Waals surface area (Å²) in [5.41, 5.74) is 5.84. The van der Waals surface area contributed by atoms with E-state index in [0.717, 1.165) is 25.1 Å². The lowest BCUT2D eigenvalue weighted by Crippen LogP contribution is -2.43. The molecule has 1 heterocycles. The van der Waals surface area contributed by atoms with E-state index < -0.39 is 6.04 Å². The average Bonchev–Trinajstić information content (AvgIpc) is 3.14. The lowest BCUT2D eigenvalue weighted by Gasteiger charge is -2.20. The maximum absolute atomic E-state index is 12.0. The molecule has 120 valence electrons. The molecule has 0 aliphatic heterocycles. The predicted octanol–water partition coefficient (Wildman–Crippen LogP) is 2.31. The highest BCUT2D eigenvalue weighted by Crippen LogP contribution is 2.38. The Bertz CT molecular complexity index is 460. The van der Waals surface area contributed by atoms with Crippen molar-refractivity contribution in [1.82, 2.24) is 15.5 Å². The van der Waals surface area contributed by atoms with E-state index in [0.29, 0.717) is 18.2 Å². The third-order valence-corrected chi connectivity index (χ3v) is 3.57. The summed E-state index contributed by atoms with van der Waals surface area (Å²) in [4.78, 5) is 16.5. The molecule has 0 radical (unpaired) electrons. The molecular formula is C14H25ClN4O2. The molecule has 2 unspecified atom stereocenters. The molecule has 1 aliphatic rings. The van der Waals surface area contributed by atoms with Crippen molar-refractivity contribution in [2.45, 2.75) is 64.5 Å². The van der Waals surface area contributed by atoms with Crippen LogP contribution in [0.25, 0.3) is 0 Å². The van der Waals surface area contributed by atoms with Crippen LogP contribution in [0, 0.1) is 5.92 Å². The van der Waals surface area contributed by atoms with Gasteiger partial charge in [0.05, 0.1) is 6.04 Å².